The maximum Gasteiger partial charge on any atom is 0.0583 e. The highest BCUT2D eigenvalue weighted by molar-refractivity contribution is 5.39. The van der Waals surface area contributed by atoms with Crippen LogP contribution in [0, 0.1) is 29.1 Å². The topological polar surface area (TPSA) is 20.2 Å². The number of rotatable bonds is 5. The van der Waals surface area contributed by atoms with Crippen molar-refractivity contribution in [3.63, 3.8) is 0 Å². The van der Waals surface area contributed by atoms with E-state index in [1.807, 2.05) is 0 Å². The predicted octanol–water partition coefficient (Wildman–Crippen LogP) is 7.56. The lowest BCUT2D eigenvalue weighted by Gasteiger charge is -2.42. The minimum atomic E-state index is -0.192. The lowest BCUT2D eigenvalue weighted by molar-refractivity contribution is 0.158. The second-order valence-corrected chi connectivity index (χ2v) is 10.4. The third kappa shape index (κ3) is 4.88. The van der Waals surface area contributed by atoms with Crippen LogP contribution in [-0.4, -0.2) is 11.2 Å². The summed E-state index contributed by atoms with van der Waals surface area (Å²) in [6, 6.07) is 0. The van der Waals surface area contributed by atoms with Gasteiger partial charge >= 0.3 is 0 Å². The zero-order chi connectivity index (χ0) is 21.2. The van der Waals surface area contributed by atoms with E-state index < -0.39 is 0 Å². The van der Waals surface area contributed by atoms with Crippen LogP contribution in [0.1, 0.15) is 79.6 Å². The Bertz CT molecular complexity index is 731. The summed E-state index contributed by atoms with van der Waals surface area (Å²) in [5.41, 5.74) is 6.04. The molecular formula is C28H42O. The van der Waals surface area contributed by atoms with Gasteiger partial charge in [0.05, 0.1) is 6.10 Å². The first-order chi connectivity index (χ1) is 13.7. The van der Waals surface area contributed by atoms with E-state index in [1.54, 1.807) is 11.1 Å². The van der Waals surface area contributed by atoms with Crippen LogP contribution < -0.4 is 0 Å². The number of fused-ring (bicyclic) bond motifs is 1. The van der Waals surface area contributed by atoms with Crippen LogP contribution in [-0.2, 0) is 0 Å². The second kappa shape index (κ2) is 9.21. The van der Waals surface area contributed by atoms with Crippen molar-refractivity contribution in [2.24, 2.45) is 29.1 Å². The molecule has 0 aromatic carbocycles. The second-order valence-electron chi connectivity index (χ2n) is 10.4. The van der Waals surface area contributed by atoms with Gasteiger partial charge in [-0.2, -0.15) is 0 Å². The van der Waals surface area contributed by atoms with Gasteiger partial charge in [0, 0.05) is 0 Å². The average molecular weight is 395 g/mol. The molecule has 3 rings (SSSR count). The molecule has 0 bridgehead atoms. The quantitative estimate of drug-likeness (QED) is 0.477. The molecule has 0 aromatic rings. The van der Waals surface area contributed by atoms with Gasteiger partial charge in [0.2, 0.25) is 0 Å². The number of allylic oxidation sites excluding steroid dienone is 8. The van der Waals surface area contributed by atoms with E-state index in [-0.39, 0.29) is 6.10 Å². The summed E-state index contributed by atoms with van der Waals surface area (Å²) in [4.78, 5) is 0. The molecule has 5 atom stereocenters. The molecule has 160 valence electrons. The van der Waals surface area contributed by atoms with E-state index in [2.05, 4.69) is 71.6 Å². The van der Waals surface area contributed by atoms with Crippen molar-refractivity contribution in [1.29, 1.82) is 0 Å². The average Bonchev–Trinajstić information content (AvgIpc) is 3.04. The smallest absolute Gasteiger partial charge is 0.0583 e. The molecule has 3 aliphatic rings. The minimum absolute atomic E-state index is 0.192. The fourth-order valence-electron chi connectivity index (χ4n) is 5.62. The Balaban J connectivity index is 1.76. The van der Waals surface area contributed by atoms with E-state index in [4.69, 9.17) is 0 Å². The van der Waals surface area contributed by atoms with Crippen molar-refractivity contribution < 1.29 is 5.11 Å². The van der Waals surface area contributed by atoms with Crippen LogP contribution in [0.3, 0.4) is 0 Å². The predicted molar refractivity (Wildman–Crippen MR) is 126 cm³/mol. The Labute approximate surface area is 179 Å². The van der Waals surface area contributed by atoms with Gasteiger partial charge in [-0.3, -0.25) is 0 Å². The molecule has 2 fully saturated rings. The van der Waals surface area contributed by atoms with Gasteiger partial charge in [0.15, 0.2) is 0 Å². The fourth-order valence-corrected chi connectivity index (χ4v) is 5.62. The maximum absolute atomic E-state index is 10.0. The van der Waals surface area contributed by atoms with E-state index >= 15 is 0 Å². The molecule has 0 amide bonds. The van der Waals surface area contributed by atoms with Crippen LogP contribution in [0.5, 0.6) is 0 Å². The van der Waals surface area contributed by atoms with Crippen LogP contribution in [0.4, 0.5) is 0 Å². The molecule has 0 radical (unpaired) electrons. The van der Waals surface area contributed by atoms with Gasteiger partial charge in [-0.15, -0.1) is 0 Å². The van der Waals surface area contributed by atoms with Crippen LogP contribution >= 0.6 is 0 Å². The number of aliphatic hydroxyl groups is 1. The van der Waals surface area contributed by atoms with Gasteiger partial charge in [0.25, 0.3) is 0 Å². The summed E-state index contributed by atoms with van der Waals surface area (Å²) in [7, 11) is 0. The Morgan fingerprint density at radius 3 is 2.62 bits per heavy atom. The third-order valence-electron chi connectivity index (χ3n) is 8.04. The van der Waals surface area contributed by atoms with Crippen molar-refractivity contribution in [3.05, 3.63) is 59.3 Å². The van der Waals surface area contributed by atoms with Gasteiger partial charge in [-0.1, -0.05) is 88.3 Å². The lowest BCUT2D eigenvalue weighted by atomic mass is 9.62. The van der Waals surface area contributed by atoms with E-state index in [0.29, 0.717) is 29.1 Å². The zero-order valence-electron chi connectivity index (χ0n) is 19.4. The summed E-state index contributed by atoms with van der Waals surface area (Å²) in [5, 5.41) is 10.0. The Morgan fingerprint density at radius 2 is 1.90 bits per heavy atom. The van der Waals surface area contributed by atoms with Crippen molar-refractivity contribution in [2.45, 2.75) is 85.7 Å². The Hall–Kier alpha value is -1.34. The van der Waals surface area contributed by atoms with Gasteiger partial charge in [-0.05, 0) is 79.6 Å². The van der Waals surface area contributed by atoms with Crippen molar-refractivity contribution in [3.8, 4) is 0 Å². The molecule has 1 heteroatoms. The highest BCUT2D eigenvalue weighted by atomic mass is 16.3. The van der Waals surface area contributed by atoms with E-state index in [9.17, 15) is 5.11 Å². The minimum Gasteiger partial charge on any atom is -0.393 e. The highest BCUT2D eigenvalue weighted by Gasteiger charge is 2.45. The molecule has 0 heterocycles. The molecule has 0 saturated heterocycles. The number of hydrogen-bond acceptors (Lipinski definition) is 1. The van der Waals surface area contributed by atoms with Crippen molar-refractivity contribution in [2.75, 3.05) is 0 Å². The van der Waals surface area contributed by atoms with Crippen LogP contribution in [0.25, 0.3) is 0 Å². The number of hydrogen-bond donors (Lipinski definition) is 1. The Morgan fingerprint density at radius 1 is 1.14 bits per heavy atom. The van der Waals surface area contributed by atoms with E-state index in [0.717, 1.165) is 19.3 Å². The third-order valence-corrected chi connectivity index (χ3v) is 8.04. The molecule has 29 heavy (non-hydrogen) atoms. The fraction of sp³-hybridized carbons (Fsp3) is 0.643. The molecule has 2 saturated carbocycles. The largest absolute Gasteiger partial charge is 0.393 e. The molecule has 0 aliphatic heterocycles. The SMILES string of the molecule is C=C1CC[C@H](O)C/C1=C/C=C1\CCC[C@]2(C)C([C@H](C)/C=C/[C@H](C)C(C)C)=CC[C@@H]12. The Kier molecular flexibility index (Phi) is 7.10. The first-order valence-electron chi connectivity index (χ1n) is 11.9. The zero-order valence-corrected chi connectivity index (χ0v) is 19.4. The lowest BCUT2D eigenvalue weighted by Crippen LogP contribution is -2.32. The van der Waals surface area contributed by atoms with Crippen LogP contribution in [0.15, 0.2) is 59.3 Å². The monoisotopic (exact) mass is 394 g/mol. The molecule has 1 N–H and O–H groups in total. The first kappa shape index (κ1) is 22.3. The van der Waals surface area contributed by atoms with E-state index in [1.165, 1.54) is 36.8 Å². The van der Waals surface area contributed by atoms with Gasteiger partial charge in [-0.25, -0.2) is 0 Å². The summed E-state index contributed by atoms with van der Waals surface area (Å²) in [6.07, 6.45) is 19.5. The summed E-state index contributed by atoms with van der Waals surface area (Å²) in [6.45, 7) is 16.1. The summed E-state index contributed by atoms with van der Waals surface area (Å²) in [5.74, 6) is 2.50. The molecule has 0 spiro atoms. The summed E-state index contributed by atoms with van der Waals surface area (Å²) >= 11 is 0. The molecular weight excluding hydrogens is 352 g/mol. The molecule has 0 aromatic heterocycles. The van der Waals surface area contributed by atoms with Gasteiger partial charge in [0.1, 0.15) is 0 Å². The molecule has 0 unspecified atom stereocenters. The normalized spacial score (nSPS) is 35.4. The molecule has 1 nitrogen and oxygen atoms in total. The van der Waals surface area contributed by atoms with Crippen molar-refractivity contribution >= 4 is 0 Å². The standard InChI is InChI=1S/C28H42O/c1-19(2)20(3)9-10-22(5)26-15-16-27-23(8-7-17-28(26,27)6)12-13-24-18-25(29)14-11-21(24)4/h9-10,12-13,15,19-20,22,25,27,29H,4,7-8,11,14,16-18H2,1-3,5-6H3/b10-9+,23-12+,24-13-/t20-,22+,25-,27-,28+/m0/s1. The first-order valence-corrected chi connectivity index (χ1v) is 11.9. The maximum atomic E-state index is 10.0. The number of aliphatic hydroxyl groups excluding tert-OH is 1. The molecule has 3 aliphatic carbocycles. The summed E-state index contributed by atoms with van der Waals surface area (Å²) < 4.78 is 0. The highest BCUT2D eigenvalue weighted by Crippen LogP contribution is 2.56. The van der Waals surface area contributed by atoms with Crippen LogP contribution in [0.2, 0.25) is 0 Å². The van der Waals surface area contributed by atoms with Crippen molar-refractivity contribution in [1.82, 2.24) is 0 Å². The van der Waals surface area contributed by atoms with Gasteiger partial charge < -0.3 is 5.11 Å².